The molecule has 44 heavy (non-hydrogen) atoms. The van der Waals surface area contributed by atoms with Gasteiger partial charge in [0.2, 0.25) is 5.91 Å². The zero-order chi connectivity index (χ0) is 31.6. The molecule has 7 unspecified atom stereocenters. The second kappa shape index (κ2) is 13.1. The molecule has 3 aromatic rings. The van der Waals surface area contributed by atoms with Crippen LogP contribution in [0.15, 0.2) is 86.0 Å². The van der Waals surface area contributed by atoms with Crippen LogP contribution in [0.3, 0.4) is 0 Å². The number of hydrogen-bond donors (Lipinski definition) is 2. The minimum Gasteiger partial charge on any atom is -0.480 e. The van der Waals surface area contributed by atoms with E-state index in [-0.39, 0.29) is 12.3 Å². The molecule has 0 radical (unpaired) electrons. The van der Waals surface area contributed by atoms with Crippen LogP contribution in [0.2, 0.25) is 0 Å². The van der Waals surface area contributed by atoms with E-state index in [2.05, 4.69) is 112 Å². The second-order valence-electron chi connectivity index (χ2n) is 14.1. The van der Waals surface area contributed by atoms with E-state index in [1.165, 1.54) is 21.8 Å². The number of carboxylic acids is 1. The second-order valence-corrected chi connectivity index (χ2v) is 15.8. The van der Waals surface area contributed by atoms with Crippen LogP contribution in [0, 0.1) is 40.9 Å². The highest BCUT2D eigenvalue weighted by molar-refractivity contribution is 9.10. The number of para-hydroxylation sites is 2. The molecule has 7 atom stereocenters. The number of fused-ring (bicyclic) bond motifs is 3. The number of alkyl halides is 1. The molecule has 5 rings (SSSR count). The Morgan fingerprint density at radius 1 is 0.886 bits per heavy atom. The van der Waals surface area contributed by atoms with Gasteiger partial charge in [-0.15, -0.1) is 13.2 Å². The molecule has 2 aromatic carbocycles. The molecule has 2 aliphatic carbocycles. The molecular formula is C38H47BrN2O3. The van der Waals surface area contributed by atoms with Gasteiger partial charge in [-0.2, -0.15) is 0 Å². The van der Waals surface area contributed by atoms with E-state index < -0.39 is 15.7 Å². The van der Waals surface area contributed by atoms with Crippen LogP contribution in [-0.4, -0.2) is 32.4 Å². The number of nitrogens with zero attached hydrogens (tertiary/aromatic N) is 1. The fourth-order valence-electron chi connectivity index (χ4n) is 7.91. The number of carbonyl (C=O) groups is 2. The highest BCUT2D eigenvalue weighted by Crippen LogP contribution is 2.43. The summed E-state index contributed by atoms with van der Waals surface area (Å²) in [5, 5.41) is 15.3. The Hall–Kier alpha value is -3.12. The first-order valence-electron chi connectivity index (χ1n) is 16.0. The number of aliphatic carboxylic acids is 1. The van der Waals surface area contributed by atoms with E-state index in [4.69, 9.17) is 0 Å². The Labute approximate surface area is 270 Å². The maximum atomic E-state index is 13.2. The summed E-state index contributed by atoms with van der Waals surface area (Å²) in [5.74, 6) is 1.56. The number of hydrogen-bond acceptors (Lipinski definition) is 2. The number of carboxylic acid groups (broad SMARTS) is 1. The largest absolute Gasteiger partial charge is 0.480 e. The summed E-state index contributed by atoms with van der Waals surface area (Å²) in [7, 11) is 0. The first kappa shape index (κ1) is 32.3. The zero-order valence-corrected chi connectivity index (χ0v) is 27.9. The number of rotatable bonds is 12. The molecule has 234 valence electrons. The SMILES string of the molecule is C=CC1CC(C=CC2CC(C=C)C(Cn3c4ccccc4c4ccccc43)C2)C(CNC(=O)C(C)(C)CC(C)(Br)C(=O)O)C1. The van der Waals surface area contributed by atoms with Crippen LogP contribution in [-0.2, 0) is 16.1 Å². The van der Waals surface area contributed by atoms with E-state index in [0.717, 1.165) is 32.2 Å². The Balaban J connectivity index is 1.25. The molecule has 6 heteroatoms. The highest BCUT2D eigenvalue weighted by Gasteiger charge is 2.41. The third-order valence-corrected chi connectivity index (χ3v) is 10.9. The lowest BCUT2D eigenvalue weighted by Gasteiger charge is -2.30. The molecule has 0 bridgehead atoms. The summed E-state index contributed by atoms with van der Waals surface area (Å²) in [5.41, 5.74) is 1.79. The van der Waals surface area contributed by atoms with Crippen molar-refractivity contribution in [3.8, 4) is 0 Å². The molecule has 2 aliphatic rings. The summed E-state index contributed by atoms with van der Waals surface area (Å²) in [6, 6.07) is 17.5. The first-order chi connectivity index (χ1) is 20.9. The maximum absolute atomic E-state index is 13.2. The lowest BCUT2D eigenvalue weighted by molar-refractivity contribution is -0.141. The van der Waals surface area contributed by atoms with Gasteiger partial charge in [0.1, 0.15) is 4.32 Å². The predicted octanol–water partition coefficient (Wildman–Crippen LogP) is 8.78. The minimum atomic E-state index is -1.15. The van der Waals surface area contributed by atoms with E-state index in [1.807, 2.05) is 13.8 Å². The zero-order valence-electron chi connectivity index (χ0n) is 26.3. The van der Waals surface area contributed by atoms with E-state index >= 15 is 0 Å². The number of aromatic nitrogens is 1. The fraction of sp³-hybridized carbons (Fsp3) is 0.474. The molecule has 1 heterocycles. The fourth-order valence-corrected chi connectivity index (χ4v) is 8.61. The molecule has 0 saturated heterocycles. The van der Waals surface area contributed by atoms with Gasteiger partial charge in [-0.1, -0.05) is 90.5 Å². The molecule has 2 fully saturated rings. The van der Waals surface area contributed by atoms with Gasteiger partial charge >= 0.3 is 5.97 Å². The van der Waals surface area contributed by atoms with E-state index in [0.29, 0.717) is 42.1 Å². The third kappa shape index (κ3) is 6.75. The molecule has 1 amide bonds. The maximum Gasteiger partial charge on any atom is 0.320 e. The Morgan fingerprint density at radius 3 is 2.07 bits per heavy atom. The van der Waals surface area contributed by atoms with Crippen molar-refractivity contribution in [1.82, 2.24) is 9.88 Å². The van der Waals surface area contributed by atoms with Crippen molar-refractivity contribution < 1.29 is 14.7 Å². The van der Waals surface area contributed by atoms with Crippen molar-refractivity contribution in [3.05, 3.63) is 86.0 Å². The van der Waals surface area contributed by atoms with Gasteiger partial charge in [-0.3, -0.25) is 9.59 Å². The first-order valence-corrected chi connectivity index (χ1v) is 16.8. The number of nitrogens with one attached hydrogen (secondary N) is 1. The summed E-state index contributed by atoms with van der Waals surface area (Å²) in [4.78, 5) is 24.8. The highest BCUT2D eigenvalue weighted by atomic mass is 79.9. The van der Waals surface area contributed by atoms with Gasteiger partial charge in [0.15, 0.2) is 0 Å². The summed E-state index contributed by atoms with van der Waals surface area (Å²) in [6.45, 7) is 15.1. The lowest BCUT2D eigenvalue weighted by atomic mass is 9.82. The van der Waals surface area contributed by atoms with Gasteiger partial charge in [0, 0.05) is 40.3 Å². The van der Waals surface area contributed by atoms with Crippen molar-refractivity contribution in [2.75, 3.05) is 6.54 Å². The van der Waals surface area contributed by atoms with Crippen molar-refractivity contribution in [2.24, 2.45) is 40.9 Å². The standard InChI is InChI=1S/C38H47BrN2O3/c1-6-25-18-28(29(19-25)22-40-35(42)37(3,4)24-38(5,39)36(43)44)17-16-26-20-27(7-2)30(21-26)23-41-33-14-10-8-12-31(33)32-13-9-11-15-34(32)41/h6-17,25-30H,1-2,18-24H2,3-5H3,(H,40,42)(H,43,44). The molecular weight excluding hydrogens is 612 g/mol. The van der Waals surface area contributed by atoms with Crippen LogP contribution >= 0.6 is 15.9 Å². The van der Waals surface area contributed by atoms with Crippen molar-refractivity contribution in [2.45, 2.75) is 63.7 Å². The van der Waals surface area contributed by atoms with Crippen LogP contribution < -0.4 is 5.32 Å². The Kier molecular flexibility index (Phi) is 9.60. The summed E-state index contributed by atoms with van der Waals surface area (Å²) in [6.07, 6.45) is 13.6. The Bertz CT molecular complexity index is 1510. The van der Waals surface area contributed by atoms with Crippen molar-refractivity contribution in [3.63, 3.8) is 0 Å². The number of carbonyl (C=O) groups excluding carboxylic acids is 1. The number of amides is 1. The normalized spacial score (nSPS) is 27.1. The number of benzene rings is 2. The van der Waals surface area contributed by atoms with Gasteiger partial charge < -0.3 is 15.0 Å². The van der Waals surface area contributed by atoms with Crippen LogP contribution in [0.1, 0.15) is 52.9 Å². The van der Waals surface area contributed by atoms with Crippen LogP contribution in [0.4, 0.5) is 0 Å². The molecule has 1 aromatic heterocycles. The van der Waals surface area contributed by atoms with Gasteiger partial charge in [0.25, 0.3) is 0 Å². The summed E-state index contributed by atoms with van der Waals surface area (Å²) >= 11 is 3.29. The summed E-state index contributed by atoms with van der Waals surface area (Å²) < 4.78 is 1.36. The molecule has 5 nitrogen and oxygen atoms in total. The predicted molar refractivity (Wildman–Crippen MR) is 185 cm³/mol. The van der Waals surface area contributed by atoms with E-state index in [9.17, 15) is 14.7 Å². The third-order valence-electron chi connectivity index (χ3n) is 10.3. The average molecular weight is 660 g/mol. The molecule has 0 aliphatic heterocycles. The van der Waals surface area contributed by atoms with Crippen molar-refractivity contribution in [1.29, 1.82) is 0 Å². The van der Waals surface area contributed by atoms with Gasteiger partial charge in [-0.05, 0) is 86.7 Å². The van der Waals surface area contributed by atoms with Crippen molar-refractivity contribution >= 4 is 49.6 Å². The number of halogens is 1. The van der Waals surface area contributed by atoms with Crippen LogP contribution in [0.5, 0.6) is 0 Å². The van der Waals surface area contributed by atoms with E-state index in [1.54, 1.807) is 6.92 Å². The lowest BCUT2D eigenvalue weighted by Crippen LogP contribution is -2.44. The minimum absolute atomic E-state index is 0.105. The number of allylic oxidation sites excluding steroid dienone is 4. The average Bonchev–Trinajstić information content (AvgIpc) is 3.68. The topological polar surface area (TPSA) is 71.3 Å². The quantitative estimate of drug-likeness (QED) is 0.151. The van der Waals surface area contributed by atoms with Gasteiger partial charge in [0.05, 0.1) is 0 Å². The molecule has 2 saturated carbocycles. The Morgan fingerprint density at radius 2 is 1.48 bits per heavy atom. The smallest absolute Gasteiger partial charge is 0.320 e. The van der Waals surface area contributed by atoms with Crippen LogP contribution in [0.25, 0.3) is 21.8 Å². The van der Waals surface area contributed by atoms with Gasteiger partial charge in [-0.25, -0.2) is 0 Å². The monoisotopic (exact) mass is 658 g/mol. The molecule has 2 N–H and O–H groups in total. The molecule has 0 spiro atoms.